The highest BCUT2D eigenvalue weighted by atomic mass is 127. The lowest BCUT2D eigenvalue weighted by Crippen LogP contribution is -2.50. The van der Waals surface area contributed by atoms with Crippen LogP contribution in [0.3, 0.4) is 0 Å². The first kappa shape index (κ1) is 25.2. The molecular formula is C22H34IN5O. The predicted molar refractivity (Wildman–Crippen MR) is 128 cm³/mol. The van der Waals surface area contributed by atoms with Crippen LogP contribution in [-0.4, -0.2) is 42.4 Å². The maximum absolute atomic E-state index is 12.5. The quantitative estimate of drug-likeness (QED) is 0.333. The van der Waals surface area contributed by atoms with Crippen LogP contribution in [0.25, 0.3) is 0 Å². The Bertz CT molecular complexity index is 703. The minimum atomic E-state index is 0. The van der Waals surface area contributed by atoms with Gasteiger partial charge in [-0.05, 0) is 50.3 Å². The number of hydrogen-bond donors (Lipinski definition) is 2. The number of nitrogens with one attached hydrogen (secondary N) is 2. The van der Waals surface area contributed by atoms with Crippen molar-refractivity contribution in [2.24, 2.45) is 10.9 Å². The Morgan fingerprint density at radius 3 is 2.55 bits per heavy atom. The van der Waals surface area contributed by atoms with E-state index in [0.29, 0.717) is 24.1 Å². The van der Waals surface area contributed by atoms with Crippen LogP contribution in [0.2, 0.25) is 0 Å². The van der Waals surface area contributed by atoms with Crippen molar-refractivity contribution in [3.05, 3.63) is 35.4 Å². The van der Waals surface area contributed by atoms with Gasteiger partial charge < -0.3 is 15.5 Å². The Hall–Kier alpha value is -1.82. The molecule has 2 N–H and O–H groups in total. The minimum absolute atomic E-state index is 0. The summed E-state index contributed by atoms with van der Waals surface area (Å²) in [5.74, 6) is 1.25. The van der Waals surface area contributed by atoms with Crippen molar-refractivity contribution in [2.75, 3.05) is 19.6 Å². The standard InChI is InChI=1S/C22H33N5O.HI/c1-4-19(5-2)21(28)27-12-10-20(11-13-27)26-22(24-6-3)25-16-18-9-7-8-17(14-18)15-23;/h7-9,14,19-20H,4-6,10-13,16H2,1-3H3,(H2,24,25,26);1H. The highest BCUT2D eigenvalue weighted by Crippen LogP contribution is 2.17. The van der Waals surface area contributed by atoms with Gasteiger partial charge in [0, 0.05) is 31.6 Å². The lowest BCUT2D eigenvalue weighted by molar-refractivity contribution is -0.136. The van der Waals surface area contributed by atoms with Crippen LogP contribution in [0.1, 0.15) is 57.6 Å². The third-order valence-corrected chi connectivity index (χ3v) is 5.30. The van der Waals surface area contributed by atoms with E-state index in [1.165, 1.54) is 0 Å². The molecule has 0 spiro atoms. The van der Waals surface area contributed by atoms with E-state index >= 15 is 0 Å². The van der Waals surface area contributed by atoms with Crippen molar-refractivity contribution in [1.29, 1.82) is 5.26 Å². The van der Waals surface area contributed by atoms with E-state index in [-0.39, 0.29) is 29.9 Å². The minimum Gasteiger partial charge on any atom is -0.357 e. The number of guanidine groups is 1. The third-order valence-electron chi connectivity index (χ3n) is 5.30. The van der Waals surface area contributed by atoms with Crippen LogP contribution < -0.4 is 10.6 Å². The fraction of sp³-hybridized carbons (Fsp3) is 0.591. The molecule has 7 heteroatoms. The maximum Gasteiger partial charge on any atom is 0.225 e. The number of halogens is 1. The molecule has 1 aromatic rings. The lowest BCUT2D eigenvalue weighted by atomic mass is 9.98. The zero-order valence-electron chi connectivity index (χ0n) is 17.8. The van der Waals surface area contributed by atoms with Crippen LogP contribution in [-0.2, 0) is 11.3 Å². The molecular weight excluding hydrogens is 477 g/mol. The molecule has 1 fully saturated rings. The van der Waals surface area contributed by atoms with E-state index < -0.39 is 0 Å². The summed E-state index contributed by atoms with van der Waals surface area (Å²) in [6.45, 7) is 9.14. The molecule has 0 saturated carbocycles. The fourth-order valence-corrected chi connectivity index (χ4v) is 3.56. The molecule has 1 saturated heterocycles. The summed E-state index contributed by atoms with van der Waals surface area (Å²) < 4.78 is 0. The molecule has 0 unspecified atom stereocenters. The van der Waals surface area contributed by atoms with Gasteiger partial charge in [0.1, 0.15) is 0 Å². The number of benzene rings is 1. The number of rotatable bonds is 7. The number of nitriles is 1. The molecule has 1 aliphatic heterocycles. The Balaban J connectivity index is 0.00000420. The largest absolute Gasteiger partial charge is 0.357 e. The molecule has 1 aliphatic rings. The Labute approximate surface area is 192 Å². The molecule has 1 amide bonds. The number of piperidine rings is 1. The Morgan fingerprint density at radius 2 is 1.97 bits per heavy atom. The van der Waals surface area contributed by atoms with Crippen LogP contribution in [0.15, 0.2) is 29.3 Å². The average Bonchev–Trinajstić information content (AvgIpc) is 2.73. The summed E-state index contributed by atoms with van der Waals surface area (Å²) >= 11 is 0. The molecule has 0 atom stereocenters. The van der Waals surface area contributed by atoms with E-state index in [1.54, 1.807) is 6.07 Å². The molecule has 2 rings (SSSR count). The Morgan fingerprint density at radius 1 is 1.28 bits per heavy atom. The maximum atomic E-state index is 12.5. The van der Waals surface area contributed by atoms with Crippen LogP contribution in [0.4, 0.5) is 0 Å². The second-order valence-electron chi connectivity index (χ2n) is 7.26. The average molecular weight is 511 g/mol. The highest BCUT2D eigenvalue weighted by Gasteiger charge is 2.26. The number of nitrogens with zero attached hydrogens (tertiary/aromatic N) is 3. The second kappa shape index (κ2) is 13.4. The summed E-state index contributed by atoms with van der Waals surface area (Å²) in [5.41, 5.74) is 1.67. The number of carbonyl (C=O) groups excluding carboxylic acids is 1. The summed E-state index contributed by atoms with van der Waals surface area (Å²) in [6, 6.07) is 10.0. The molecule has 160 valence electrons. The van der Waals surface area contributed by atoms with Crippen molar-refractivity contribution < 1.29 is 4.79 Å². The van der Waals surface area contributed by atoms with Crippen molar-refractivity contribution >= 4 is 35.8 Å². The monoisotopic (exact) mass is 511 g/mol. The zero-order valence-corrected chi connectivity index (χ0v) is 20.1. The lowest BCUT2D eigenvalue weighted by Gasteiger charge is -2.34. The SMILES string of the molecule is CCNC(=NCc1cccc(C#N)c1)NC1CCN(C(=O)C(CC)CC)CC1.I. The first-order valence-corrected chi connectivity index (χ1v) is 10.4. The van der Waals surface area contributed by atoms with Gasteiger partial charge in [-0.25, -0.2) is 4.99 Å². The van der Waals surface area contributed by atoms with Gasteiger partial charge in [0.2, 0.25) is 5.91 Å². The van der Waals surface area contributed by atoms with Crippen molar-refractivity contribution in [1.82, 2.24) is 15.5 Å². The van der Waals surface area contributed by atoms with Crippen molar-refractivity contribution in [2.45, 2.75) is 59.0 Å². The van der Waals surface area contributed by atoms with E-state index in [4.69, 9.17) is 5.26 Å². The molecule has 0 radical (unpaired) electrons. The number of amides is 1. The first-order chi connectivity index (χ1) is 13.6. The summed E-state index contributed by atoms with van der Waals surface area (Å²) in [7, 11) is 0. The molecule has 29 heavy (non-hydrogen) atoms. The summed E-state index contributed by atoms with van der Waals surface area (Å²) in [4.78, 5) is 19.2. The van der Waals surface area contributed by atoms with Crippen LogP contribution in [0, 0.1) is 17.2 Å². The summed E-state index contributed by atoms with van der Waals surface area (Å²) in [5, 5.41) is 15.8. The molecule has 0 aromatic heterocycles. The number of carbonyl (C=O) groups is 1. The normalized spacial score (nSPS) is 14.9. The predicted octanol–water partition coefficient (Wildman–Crippen LogP) is 3.66. The molecule has 0 aliphatic carbocycles. The van der Waals surface area contributed by atoms with Gasteiger partial charge in [0.25, 0.3) is 0 Å². The molecule has 0 bridgehead atoms. The van der Waals surface area contributed by atoms with E-state index in [0.717, 1.165) is 56.8 Å². The van der Waals surface area contributed by atoms with Gasteiger partial charge in [-0.15, -0.1) is 24.0 Å². The zero-order chi connectivity index (χ0) is 20.4. The third kappa shape index (κ3) is 7.84. The van der Waals surface area contributed by atoms with Gasteiger partial charge in [0.05, 0.1) is 18.2 Å². The number of likely N-dealkylation sites (tertiary alicyclic amines) is 1. The van der Waals surface area contributed by atoms with Gasteiger partial charge >= 0.3 is 0 Å². The molecule has 6 nitrogen and oxygen atoms in total. The van der Waals surface area contributed by atoms with E-state index in [1.807, 2.05) is 30.0 Å². The van der Waals surface area contributed by atoms with Gasteiger partial charge in [-0.1, -0.05) is 26.0 Å². The van der Waals surface area contributed by atoms with E-state index in [9.17, 15) is 4.79 Å². The number of aliphatic imine (C=N–C) groups is 1. The molecule has 1 aromatic carbocycles. The smallest absolute Gasteiger partial charge is 0.225 e. The highest BCUT2D eigenvalue weighted by molar-refractivity contribution is 14.0. The molecule has 1 heterocycles. The van der Waals surface area contributed by atoms with Gasteiger partial charge in [-0.2, -0.15) is 5.26 Å². The number of hydrogen-bond acceptors (Lipinski definition) is 3. The summed E-state index contributed by atoms with van der Waals surface area (Å²) in [6.07, 6.45) is 3.69. The first-order valence-electron chi connectivity index (χ1n) is 10.4. The van der Waals surface area contributed by atoms with Crippen molar-refractivity contribution in [3.8, 4) is 6.07 Å². The van der Waals surface area contributed by atoms with Crippen molar-refractivity contribution in [3.63, 3.8) is 0 Å². The van der Waals surface area contributed by atoms with Crippen LogP contribution >= 0.6 is 24.0 Å². The fourth-order valence-electron chi connectivity index (χ4n) is 3.56. The van der Waals surface area contributed by atoms with E-state index in [2.05, 4.69) is 35.5 Å². The van der Waals surface area contributed by atoms with Crippen LogP contribution in [0.5, 0.6) is 0 Å². The topological polar surface area (TPSA) is 80.5 Å². The second-order valence-corrected chi connectivity index (χ2v) is 7.26. The van der Waals surface area contributed by atoms with Gasteiger partial charge in [-0.3, -0.25) is 4.79 Å². The Kier molecular flexibility index (Phi) is 11.7. The van der Waals surface area contributed by atoms with Gasteiger partial charge in [0.15, 0.2) is 5.96 Å².